The first kappa shape index (κ1) is 20.3. The predicted molar refractivity (Wildman–Crippen MR) is 112 cm³/mol. The highest BCUT2D eigenvalue weighted by Gasteiger charge is 2.30. The van der Waals surface area contributed by atoms with Crippen LogP contribution in [0.25, 0.3) is 0 Å². The third-order valence-corrected chi connectivity index (χ3v) is 5.54. The zero-order valence-corrected chi connectivity index (χ0v) is 17.4. The Hall–Kier alpha value is -2.93. The van der Waals surface area contributed by atoms with Crippen molar-refractivity contribution in [2.75, 3.05) is 25.2 Å². The number of rotatable bonds is 5. The van der Waals surface area contributed by atoms with Gasteiger partial charge in [-0.15, -0.1) is 0 Å². The van der Waals surface area contributed by atoms with E-state index < -0.39 is 6.10 Å². The lowest BCUT2D eigenvalue weighted by atomic mass is 9.95. The third kappa shape index (κ3) is 4.62. The highest BCUT2D eigenvalue weighted by Crippen LogP contribution is 2.34. The maximum atomic E-state index is 12.7. The second-order valence-corrected chi connectivity index (χ2v) is 7.81. The lowest BCUT2D eigenvalue weighted by Crippen LogP contribution is -2.46. The van der Waals surface area contributed by atoms with Crippen molar-refractivity contribution < 1.29 is 23.8 Å². The van der Waals surface area contributed by atoms with Gasteiger partial charge in [-0.25, -0.2) is 0 Å². The molecule has 30 heavy (non-hydrogen) atoms. The number of hydrogen-bond donors (Lipinski definition) is 1. The Morgan fingerprint density at radius 3 is 2.53 bits per heavy atom. The number of ether oxygens (including phenoxy) is 3. The summed E-state index contributed by atoms with van der Waals surface area (Å²) in [5.41, 5.74) is 0.674. The molecule has 2 aliphatic rings. The van der Waals surface area contributed by atoms with Gasteiger partial charge in [-0.05, 0) is 56.2 Å². The monoisotopic (exact) mass is 430 g/mol. The van der Waals surface area contributed by atoms with Gasteiger partial charge in [-0.3, -0.25) is 9.59 Å². The quantitative estimate of drug-likeness (QED) is 0.782. The highest BCUT2D eigenvalue weighted by molar-refractivity contribution is 6.30. The number of piperidine rings is 1. The maximum Gasteiger partial charge on any atom is 0.263 e. The van der Waals surface area contributed by atoms with Crippen LogP contribution in [0.1, 0.15) is 19.8 Å². The summed E-state index contributed by atoms with van der Waals surface area (Å²) < 4.78 is 16.3. The topological polar surface area (TPSA) is 77.1 Å². The summed E-state index contributed by atoms with van der Waals surface area (Å²) in [5.74, 6) is 1.62. The molecule has 158 valence electrons. The van der Waals surface area contributed by atoms with Gasteiger partial charge in [-0.2, -0.15) is 0 Å². The van der Waals surface area contributed by atoms with Gasteiger partial charge < -0.3 is 24.4 Å². The van der Waals surface area contributed by atoms with Crippen molar-refractivity contribution in [1.82, 2.24) is 4.90 Å². The van der Waals surface area contributed by atoms with E-state index in [-0.39, 0.29) is 24.5 Å². The number of nitrogens with one attached hydrogen (secondary N) is 1. The number of nitrogens with zero attached hydrogens (tertiary/aromatic N) is 1. The van der Waals surface area contributed by atoms with E-state index in [0.717, 1.165) is 0 Å². The molecule has 2 amide bonds. The van der Waals surface area contributed by atoms with Gasteiger partial charge in [0.1, 0.15) is 5.75 Å². The van der Waals surface area contributed by atoms with Crippen molar-refractivity contribution in [3.05, 3.63) is 47.5 Å². The van der Waals surface area contributed by atoms with E-state index in [1.165, 1.54) is 0 Å². The van der Waals surface area contributed by atoms with Gasteiger partial charge in [0.2, 0.25) is 12.7 Å². The Kier molecular flexibility index (Phi) is 5.99. The molecule has 1 saturated heterocycles. The van der Waals surface area contributed by atoms with Crippen LogP contribution in [0, 0.1) is 5.92 Å². The minimum absolute atomic E-state index is 0.0496. The number of carbonyl (C=O) groups is 2. The molecule has 7 nitrogen and oxygen atoms in total. The molecule has 0 aromatic heterocycles. The van der Waals surface area contributed by atoms with Crippen LogP contribution in [-0.4, -0.2) is 42.7 Å². The Morgan fingerprint density at radius 1 is 1.10 bits per heavy atom. The fraction of sp³-hybridized carbons (Fsp3) is 0.364. The average Bonchev–Trinajstić information content (AvgIpc) is 3.23. The number of fused-ring (bicyclic) bond motifs is 1. The molecule has 4 rings (SSSR count). The Balaban J connectivity index is 1.27. The van der Waals surface area contributed by atoms with Crippen molar-refractivity contribution in [1.29, 1.82) is 0 Å². The summed E-state index contributed by atoms with van der Waals surface area (Å²) in [7, 11) is 0. The molecule has 0 aliphatic carbocycles. The normalized spacial score (nSPS) is 16.8. The van der Waals surface area contributed by atoms with Crippen LogP contribution in [0.3, 0.4) is 0 Å². The van der Waals surface area contributed by atoms with E-state index in [9.17, 15) is 9.59 Å². The predicted octanol–water partition coefficient (Wildman–Crippen LogP) is 3.71. The van der Waals surface area contributed by atoms with Crippen LogP contribution >= 0.6 is 11.6 Å². The van der Waals surface area contributed by atoms with Crippen molar-refractivity contribution >= 4 is 29.1 Å². The number of carbonyl (C=O) groups excluding carboxylic acids is 2. The molecule has 1 fully saturated rings. The molecule has 0 radical (unpaired) electrons. The molecule has 1 unspecified atom stereocenters. The molecular formula is C22H23ClN2O5. The zero-order chi connectivity index (χ0) is 21.1. The Labute approximate surface area is 179 Å². The molecule has 1 atom stereocenters. The number of amides is 2. The first-order valence-electron chi connectivity index (χ1n) is 9.91. The fourth-order valence-electron chi connectivity index (χ4n) is 3.61. The minimum Gasteiger partial charge on any atom is -0.481 e. The largest absolute Gasteiger partial charge is 0.481 e. The van der Waals surface area contributed by atoms with Gasteiger partial charge in [0.15, 0.2) is 17.6 Å². The molecule has 1 N–H and O–H groups in total. The molecule has 0 bridgehead atoms. The first-order valence-corrected chi connectivity index (χ1v) is 10.3. The summed E-state index contributed by atoms with van der Waals surface area (Å²) in [6.07, 6.45) is 0.608. The number of hydrogen-bond acceptors (Lipinski definition) is 5. The van der Waals surface area contributed by atoms with Gasteiger partial charge in [0, 0.05) is 35.8 Å². The standard InChI is InChI=1S/C22H23ClN2O5/c1-14(30-18-5-2-16(23)3-6-18)22(27)25-10-8-15(9-11-25)21(26)24-17-4-7-19-20(12-17)29-13-28-19/h2-7,12,14-15H,8-11,13H2,1H3,(H,24,26). The molecule has 2 aliphatic heterocycles. The van der Waals surface area contributed by atoms with Crippen LogP contribution in [0.15, 0.2) is 42.5 Å². The van der Waals surface area contributed by atoms with E-state index in [1.54, 1.807) is 54.3 Å². The summed E-state index contributed by atoms with van der Waals surface area (Å²) in [5, 5.41) is 3.55. The van der Waals surface area contributed by atoms with Crippen LogP contribution in [-0.2, 0) is 9.59 Å². The Bertz CT molecular complexity index is 926. The van der Waals surface area contributed by atoms with E-state index in [1.807, 2.05) is 0 Å². The second-order valence-electron chi connectivity index (χ2n) is 7.37. The van der Waals surface area contributed by atoms with Crippen LogP contribution in [0.5, 0.6) is 17.2 Å². The maximum absolute atomic E-state index is 12.7. The van der Waals surface area contributed by atoms with Crippen LogP contribution in [0.4, 0.5) is 5.69 Å². The molecule has 2 aromatic rings. The molecule has 2 heterocycles. The zero-order valence-electron chi connectivity index (χ0n) is 16.6. The number of anilines is 1. The lowest BCUT2D eigenvalue weighted by molar-refractivity contribution is -0.140. The number of benzene rings is 2. The van der Waals surface area contributed by atoms with Crippen LogP contribution < -0.4 is 19.5 Å². The Morgan fingerprint density at radius 2 is 1.80 bits per heavy atom. The molecule has 0 spiro atoms. The fourth-order valence-corrected chi connectivity index (χ4v) is 3.73. The summed E-state index contributed by atoms with van der Waals surface area (Å²) >= 11 is 5.87. The summed E-state index contributed by atoms with van der Waals surface area (Å²) in [4.78, 5) is 27.1. The van der Waals surface area contributed by atoms with Gasteiger partial charge in [0.05, 0.1) is 0 Å². The highest BCUT2D eigenvalue weighted by atomic mass is 35.5. The summed E-state index contributed by atoms with van der Waals surface area (Å²) in [6, 6.07) is 12.2. The van der Waals surface area contributed by atoms with Crippen molar-refractivity contribution in [3.63, 3.8) is 0 Å². The van der Waals surface area contributed by atoms with E-state index in [0.29, 0.717) is 53.9 Å². The lowest BCUT2D eigenvalue weighted by Gasteiger charge is -2.33. The number of halogens is 1. The SMILES string of the molecule is CC(Oc1ccc(Cl)cc1)C(=O)N1CCC(C(=O)Nc2ccc3c(c2)OCO3)CC1. The summed E-state index contributed by atoms with van der Waals surface area (Å²) in [6.45, 7) is 2.97. The first-order chi connectivity index (χ1) is 14.5. The molecule has 8 heteroatoms. The van der Waals surface area contributed by atoms with Crippen LogP contribution in [0.2, 0.25) is 5.02 Å². The van der Waals surface area contributed by atoms with E-state index in [2.05, 4.69) is 5.32 Å². The molecular weight excluding hydrogens is 408 g/mol. The van der Waals surface area contributed by atoms with Gasteiger partial charge >= 0.3 is 0 Å². The molecule has 0 saturated carbocycles. The molecule has 2 aromatic carbocycles. The third-order valence-electron chi connectivity index (χ3n) is 5.29. The number of likely N-dealkylation sites (tertiary alicyclic amines) is 1. The van der Waals surface area contributed by atoms with Gasteiger partial charge in [0.25, 0.3) is 5.91 Å². The van der Waals surface area contributed by atoms with Gasteiger partial charge in [-0.1, -0.05) is 11.6 Å². The van der Waals surface area contributed by atoms with E-state index in [4.69, 9.17) is 25.8 Å². The van der Waals surface area contributed by atoms with Crippen molar-refractivity contribution in [2.45, 2.75) is 25.9 Å². The smallest absolute Gasteiger partial charge is 0.263 e. The second kappa shape index (κ2) is 8.83. The van der Waals surface area contributed by atoms with Crippen molar-refractivity contribution in [2.24, 2.45) is 5.92 Å². The van der Waals surface area contributed by atoms with E-state index >= 15 is 0 Å². The van der Waals surface area contributed by atoms with Crippen molar-refractivity contribution in [3.8, 4) is 17.2 Å². The minimum atomic E-state index is -0.606. The average molecular weight is 431 g/mol.